The van der Waals surface area contributed by atoms with Crippen molar-refractivity contribution in [2.45, 2.75) is 95.0 Å². The number of hydrogen-bond acceptors (Lipinski definition) is 6. The number of fused-ring (bicyclic) bond motifs is 6. The average Bonchev–Trinajstić information content (AvgIpc) is 3.60. The number of amides is 1. The Hall–Kier alpha value is -2.45. The third-order valence-corrected chi connectivity index (χ3v) is 8.02. The van der Waals surface area contributed by atoms with Crippen LogP contribution in [0.4, 0.5) is 5.95 Å². The Bertz CT molecular complexity index is 970. The van der Waals surface area contributed by atoms with Crippen molar-refractivity contribution in [3.63, 3.8) is 0 Å². The monoisotopic (exact) mass is 449 g/mol. The van der Waals surface area contributed by atoms with Gasteiger partial charge in [-0.3, -0.25) is 19.7 Å². The third kappa shape index (κ3) is 4.04. The van der Waals surface area contributed by atoms with Crippen LogP contribution in [0.3, 0.4) is 0 Å². The topological polar surface area (TPSA) is 87.1 Å². The Labute approximate surface area is 195 Å². The molecule has 1 aromatic carbocycles. The fourth-order valence-corrected chi connectivity index (χ4v) is 6.41. The molecule has 3 N–H and O–H groups in total. The molecule has 1 saturated heterocycles. The first-order valence-electron chi connectivity index (χ1n) is 12.9. The van der Waals surface area contributed by atoms with E-state index in [9.17, 15) is 4.79 Å². The minimum Gasteiger partial charge on any atom is -0.353 e. The fourth-order valence-electron chi connectivity index (χ4n) is 6.41. The second-order valence-electron chi connectivity index (χ2n) is 10.2. The molecule has 4 unspecified atom stereocenters. The predicted octanol–water partition coefficient (Wildman–Crippen LogP) is 3.34. The van der Waals surface area contributed by atoms with Crippen LogP contribution in [0.15, 0.2) is 30.3 Å². The Morgan fingerprint density at radius 3 is 2.67 bits per heavy atom. The lowest BCUT2D eigenvalue weighted by Gasteiger charge is -2.44. The van der Waals surface area contributed by atoms with E-state index < -0.39 is 0 Å². The maximum Gasteiger partial charge on any atom is 0.243 e. The molecule has 1 amide bonds. The fraction of sp³-hybridized carbons (Fsp3) is 0.640. The summed E-state index contributed by atoms with van der Waals surface area (Å²) in [5.74, 6) is 2.65. The molecule has 2 aromatic rings. The van der Waals surface area contributed by atoms with E-state index in [-0.39, 0.29) is 18.2 Å². The first-order chi connectivity index (χ1) is 16.3. The number of aromatic nitrogens is 3. The number of hydrazine groups is 1. The standard InChI is InChI=1S/C25H35N7O/c33-22(26-18-11-4-5-12-18)16-8-15-21-28-29-25-31(21)20-14-7-6-13-19(20)24-27-23(30-32(24)25)17-9-2-1-3-10-17/h1-3,9-10,18-20,23-24,27,30H,4-8,11-16H2,(H,26,33). The first kappa shape index (κ1) is 21.1. The average molecular weight is 450 g/mol. The van der Waals surface area contributed by atoms with Gasteiger partial charge in [0.1, 0.15) is 18.2 Å². The van der Waals surface area contributed by atoms with Crippen LogP contribution in [0.1, 0.15) is 87.8 Å². The van der Waals surface area contributed by atoms with Gasteiger partial charge in [0, 0.05) is 30.8 Å². The molecule has 2 aliphatic heterocycles. The van der Waals surface area contributed by atoms with Gasteiger partial charge in [0.15, 0.2) is 0 Å². The number of rotatable bonds is 6. The quantitative estimate of drug-likeness (QED) is 0.627. The number of nitrogens with zero attached hydrogens (tertiary/aromatic N) is 4. The normalized spacial score (nSPS) is 28.9. The van der Waals surface area contributed by atoms with E-state index in [0.29, 0.717) is 24.4 Å². The predicted molar refractivity (Wildman–Crippen MR) is 126 cm³/mol. The van der Waals surface area contributed by atoms with Gasteiger partial charge in [0.05, 0.1) is 0 Å². The number of benzene rings is 1. The summed E-state index contributed by atoms with van der Waals surface area (Å²) in [6.45, 7) is 0. The van der Waals surface area contributed by atoms with Gasteiger partial charge in [-0.05, 0) is 37.7 Å². The molecule has 6 rings (SSSR count). The molecule has 4 aliphatic rings. The molecule has 2 saturated carbocycles. The Morgan fingerprint density at radius 1 is 1.03 bits per heavy atom. The maximum absolute atomic E-state index is 12.4. The zero-order chi connectivity index (χ0) is 22.2. The Morgan fingerprint density at radius 2 is 1.82 bits per heavy atom. The maximum atomic E-state index is 12.4. The number of hydrogen-bond donors (Lipinski definition) is 3. The summed E-state index contributed by atoms with van der Waals surface area (Å²) in [5, 5.41) is 18.5. The molecule has 176 valence electrons. The second kappa shape index (κ2) is 9.06. The molecule has 0 bridgehead atoms. The van der Waals surface area contributed by atoms with Crippen LogP contribution >= 0.6 is 0 Å². The van der Waals surface area contributed by atoms with Gasteiger partial charge in [-0.2, -0.15) is 0 Å². The molecule has 0 radical (unpaired) electrons. The van der Waals surface area contributed by atoms with Crippen molar-refractivity contribution in [3.05, 3.63) is 41.7 Å². The molecule has 3 fully saturated rings. The van der Waals surface area contributed by atoms with Crippen molar-refractivity contribution in [3.8, 4) is 0 Å². The van der Waals surface area contributed by atoms with Crippen LogP contribution in [0.5, 0.6) is 0 Å². The van der Waals surface area contributed by atoms with Gasteiger partial charge in [-0.25, -0.2) is 5.43 Å². The second-order valence-corrected chi connectivity index (χ2v) is 10.2. The molecule has 33 heavy (non-hydrogen) atoms. The minimum atomic E-state index is 0.0739. The van der Waals surface area contributed by atoms with Crippen molar-refractivity contribution in [1.82, 2.24) is 30.8 Å². The van der Waals surface area contributed by atoms with E-state index in [1.807, 2.05) is 0 Å². The SMILES string of the molecule is O=C(CCCc1nnc2n1C1CCCCC1C1NC(c3ccccc3)NN21)NC1CCCC1. The third-order valence-electron chi connectivity index (χ3n) is 8.02. The van der Waals surface area contributed by atoms with E-state index in [1.165, 1.54) is 44.1 Å². The van der Waals surface area contributed by atoms with Crippen LogP contribution in [0, 0.1) is 5.92 Å². The van der Waals surface area contributed by atoms with Crippen LogP contribution < -0.4 is 21.1 Å². The van der Waals surface area contributed by atoms with Crippen LogP contribution in [0.25, 0.3) is 0 Å². The lowest BCUT2D eigenvalue weighted by atomic mass is 9.81. The number of anilines is 1. The van der Waals surface area contributed by atoms with E-state index in [0.717, 1.165) is 37.5 Å². The van der Waals surface area contributed by atoms with Crippen molar-refractivity contribution < 1.29 is 4.79 Å². The summed E-state index contributed by atoms with van der Waals surface area (Å²) in [6, 6.07) is 11.4. The number of carbonyl (C=O) groups excluding carboxylic acids is 1. The zero-order valence-corrected chi connectivity index (χ0v) is 19.2. The molecular formula is C25H35N7O. The summed E-state index contributed by atoms with van der Waals surface area (Å²) in [7, 11) is 0. The smallest absolute Gasteiger partial charge is 0.243 e. The highest BCUT2D eigenvalue weighted by Gasteiger charge is 2.48. The minimum absolute atomic E-state index is 0.0739. The summed E-state index contributed by atoms with van der Waals surface area (Å²) in [4.78, 5) is 12.4. The number of nitrogens with one attached hydrogen (secondary N) is 3. The van der Waals surface area contributed by atoms with Gasteiger partial charge in [0.2, 0.25) is 11.9 Å². The van der Waals surface area contributed by atoms with Gasteiger partial charge in [-0.1, -0.05) is 56.0 Å². The molecule has 3 heterocycles. The summed E-state index contributed by atoms with van der Waals surface area (Å²) >= 11 is 0. The van der Waals surface area contributed by atoms with E-state index >= 15 is 0 Å². The lowest BCUT2D eigenvalue weighted by molar-refractivity contribution is -0.121. The highest BCUT2D eigenvalue weighted by atomic mass is 16.1. The Balaban J connectivity index is 1.18. The van der Waals surface area contributed by atoms with Gasteiger partial charge in [0.25, 0.3) is 0 Å². The number of carbonyl (C=O) groups is 1. The summed E-state index contributed by atoms with van der Waals surface area (Å²) in [6.07, 6.45) is 12.1. The molecular weight excluding hydrogens is 414 g/mol. The highest BCUT2D eigenvalue weighted by Crippen LogP contribution is 2.45. The largest absolute Gasteiger partial charge is 0.353 e. The van der Waals surface area contributed by atoms with Crippen molar-refractivity contribution in [2.24, 2.45) is 5.92 Å². The molecule has 2 aliphatic carbocycles. The van der Waals surface area contributed by atoms with Crippen LogP contribution in [-0.2, 0) is 11.2 Å². The van der Waals surface area contributed by atoms with Gasteiger partial charge >= 0.3 is 0 Å². The Kier molecular flexibility index (Phi) is 5.80. The molecule has 4 atom stereocenters. The van der Waals surface area contributed by atoms with Crippen LogP contribution in [0.2, 0.25) is 0 Å². The van der Waals surface area contributed by atoms with Crippen molar-refractivity contribution in [2.75, 3.05) is 5.01 Å². The van der Waals surface area contributed by atoms with E-state index in [4.69, 9.17) is 0 Å². The van der Waals surface area contributed by atoms with Gasteiger partial charge < -0.3 is 5.32 Å². The van der Waals surface area contributed by atoms with Crippen molar-refractivity contribution in [1.29, 1.82) is 0 Å². The highest BCUT2D eigenvalue weighted by molar-refractivity contribution is 5.76. The molecule has 8 heteroatoms. The van der Waals surface area contributed by atoms with E-state index in [2.05, 4.69) is 66.2 Å². The zero-order valence-electron chi connectivity index (χ0n) is 19.2. The molecule has 1 aromatic heterocycles. The van der Waals surface area contributed by atoms with Gasteiger partial charge in [-0.15, -0.1) is 10.2 Å². The number of aryl methyl sites for hydroxylation is 1. The van der Waals surface area contributed by atoms with Crippen molar-refractivity contribution >= 4 is 11.9 Å². The summed E-state index contributed by atoms with van der Waals surface area (Å²) in [5.41, 5.74) is 4.90. The van der Waals surface area contributed by atoms with Crippen LogP contribution in [-0.4, -0.2) is 32.9 Å². The first-order valence-corrected chi connectivity index (χ1v) is 12.9. The lowest BCUT2D eigenvalue weighted by Crippen LogP contribution is -2.53. The molecule has 0 spiro atoms. The van der Waals surface area contributed by atoms with E-state index in [1.54, 1.807) is 0 Å². The molecule has 8 nitrogen and oxygen atoms in total. The summed E-state index contributed by atoms with van der Waals surface area (Å²) < 4.78 is 2.39.